The number of anilines is 1. The van der Waals surface area contributed by atoms with Gasteiger partial charge in [0.15, 0.2) is 9.84 Å². The molecule has 1 N–H and O–H groups in total. The lowest BCUT2D eigenvalue weighted by Gasteiger charge is -2.26. The largest absolute Gasteiger partial charge is 0.322 e. The third kappa shape index (κ3) is 2.73. The molecule has 88 valence electrons. The highest BCUT2D eigenvalue weighted by atomic mass is 32.2. The van der Waals surface area contributed by atoms with E-state index in [-0.39, 0.29) is 30.6 Å². The third-order valence-electron chi connectivity index (χ3n) is 2.38. The first kappa shape index (κ1) is 11.4. The summed E-state index contributed by atoms with van der Waals surface area (Å²) < 4.78 is 22.4. The molecule has 0 aliphatic carbocycles. The van der Waals surface area contributed by atoms with Gasteiger partial charge >= 0.3 is 6.03 Å². The van der Waals surface area contributed by atoms with Crippen LogP contribution in [0.2, 0.25) is 0 Å². The van der Waals surface area contributed by atoms with Crippen molar-refractivity contribution in [2.45, 2.75) is 0 Å². The van der Waals surface area contributed by atoms with E-state index in [1.54, 1.807) is 0 Å². The van der Waals surface area contributed by atoms with Gasteiger partial charge in [-0.15, -0.1) is 11.3 Å². The summed E-state index contributed by atoms with van der Waals surface area (Å²) in [4.78, 5) is 13.2. The Morgan fingerprint density at radius 1 is 1.38 bits per heavy atom. The number of carbonyl (C=O) groups excluding carboxylic acids is 1. The molecule has 2 rings (SSSR count). The molecule has 1 aliphatic rings. The second kappa shape index (κ2) is 4.42. The van der Waals surface area contributed by atoms with E-state index in [0.29, 0.717) is 0 Å². The number of urea groups is 1. The van der Waals surface area contributed by atoms with Crippen LogP contribution in [-0.2, 0) is 9.84 Å². The highest BCUT2D eigenvalue weighted by Gasteiger charge is 2.24. The van der Waals surface area contributed by atoms with Crippen molar-refractivity contribution in [2.75, 3.05) is 29.9 Å². The van der Waals surface area contributed by atoms with Crippen LogP contribution in [0.5, 0.6) is 0 Å². The van der Waals surface area contributed by atoms with E-state index in [2.05, 4.69) is 5.32 Å². The van der Waals surface area contributed by atoms with Crippen LogP contribution in [0.15, 0.2) is 17.5 Å². The van der Waals surface area contributed by atoms with E-state index >= 15 is 0 Å². The van der Waals surface area contributed by atoms with Gasteiger partial charge in [-0.05, 0) is 17.5 Å². The maximum atomic E-state index is 11.7. The van der Waals surface area contributed by atoms with Gasteiger partial charge in [-0.3, -0.25) is 5.32 Å². The van der Waals surface area contributed by atoms with E-state index in [1.165, 1.54) is 16.2 Å². The number of amides is 2. The van der Waals surface area contributed by atoms with Crippen LogP contribution in [0.4, 0.5) is 9.80 Å². The molecule has 7 heteroatoms. The molecule has 1 aromatic heterocycles. The molecule has 16 heavy (non-hydrogen) atoms. The van der Waals surface area contributed by atoms with Crippen molar-refractivity contribution in [1.29, 1.82) is 0 Å². The molecule has 0 unspecified atom stereocenters. The Morgan fingerprint density at radius 2 is 2.06 bits per heavy atom. The molecule has 1 aliphatic heterocycles. The summed E-state index contributed by atoms with van der Waals surface area (Å²) in [6.07, 6.45) is 0. The first-order chi connectivity index (χ1) is 7.57. The van der Waals surface area contributed by atoms with Crippen molar-refractivity contribution in [2.24, 2.45) is 0 Å². The number of thiophene rings is 1. The van der Waals surface area contributed by atoms with E-state index < -0.39 is 9.84 Å². The van der Waals surface area contributed by atoms with Crippen LogP contribution in [0.3, 0.4) is 0 Å². The zero-order valence-electron chi connectivity index (χ0n) is 8.55. The third-order valence-corrected chi connectivity index (χ3v) is 4.78. The van der Waals surface area contributed by atoms with Crippen LogP contribution in [0.25, 0.3) is 0 Å². The van der Waals surface area contributed by atoms with Crippen molar-refractivity contribution in [3.05, 3.63) is 17.5 Å². The van der Waals surface area contributed by atoms with Crippen molar-refractivity contribution in [3.8, 4) is 0 Å². The molecule has 2 heterocycles. The van der Waals surface area contributed by atoms with Crippen LogP contribution < -0.4 is 5.32 Å². The number of rotatable bonds is 1. The van der Waals surface area contributed by atoms with Gasteiger partial charge < -0.3 is 4.90 Å². The summed E-state index contributed by atoms with van der Waals surface area (Å²) in [6, 6.07) is 3.43. The molecule has 2 amide bonds. The minimum Gasteiger partial charge on any atom is -0.322 e. The van der Waals surface area contributed by atoms with Gasteiger partial charge in [0.2, 0.25) is 0 Å². The summed E-state index contributed by atoms with van der Waals surface area (Å²) in [5.41, 5.74) is 0. The molecular formula is C9H12N2O3S2. The van der Waals surface area contributed by atoms with Crippen LogP contribution in [-0.4, -0.2) is 43.9 Å². The molecule has 1 saturated heterocycles. The van der Waals surface area contributed by atoms with Gasteiger partial charge in [0.05, 0.1) is 16.5 Å². The molecule has 0 spiro atoms. The number of nitrogens with zero attached hydrogens (tertiary/aromatic N) is 1. The molecule has 5 nitrogen and oxygen atoms in total. The maximum absolute atomic E-state index is 11.7. The van der Waals surface area contributed by atoms with Gasteiger partial charge in [0.25, 0.3) is 0 Å². The average molecular weight is 260 g/mol. The molecule has 1 aromatic rings. The lowest BCUT2D eigenvalue weighted by Crippen LogP contribution is -2.45. The fraction of sp³-hybridized carbons (Fsp3) is 0.444. The van der Waals surface area contributed by atoms with Gasteiger partial charge in [-0.2, -0.15) is 0 Å². The van der Waals surface area contributed by atoms with Gasteiger partial charge in [-0.25, -0.2) is 13.2 Å². The zero-order chi connectivity index (χ0) is 11.6. The summed E-state index contributed by atoms with van der Waals surface area (Å²) in [6.45, 7) is 0.555. The minimum absolute atomic E-state index is 0.0604. The topological polar surface area (TPSA) is 66.5 Å². The standard InChI is InChI=1S/C9H12N2O3S2/c12-9(10-8-2-1-5-15-8)11-3-6-16(13,14)7-4-11/h1-2,5H,3-4,6-7H2,(H,10,12). The number of hydrogen-bond donors (Lipinski definition) is 1. The van der Waals surface area contributed by atoms with Crippen molar-refractivity contribution < 1.29 is 13.2 Å². The lowest BCUT2D eigenvalue weighted by molar-refractivity contribution is 0.216. The molecule has 0 bridgehead atoms. The van der Waals surface area contributed by atoms with Gasteiger partial charge in [-0.1, -0.05) is 0 Å². The average Bonchev–Trinajstić information content (AvgIpc) is 2.70. The molecule has 0 atom stereocenters. The highest BCUT2D eigenvalue weighted by Crippen LogP contribution is 2.16. The van der Waals surface area contributed by atoms with Gasteiger partial charge in [0, 0.05) is 13.1 Å². The second-order valence-electron chi connectivity index (χ2n) is 3.55. The van der Waals surface area contributed by atoms with E-state index in [9.17, 15) is 13.2 Å². The lowest BCUT2D eigenvalue weighted by atomic mass is 10.5. The fourth-order valence-corrected chi connectivity index (χ4v) is 3.26. The molecular weight excluding hydrogens is 248 g/mol. The second-order valence-corrected chi connectivity index (χ2v) is 6.80. The molecule has 0 radical (unpaired) electrons. The highest BCUT2D eigenvalue weighted by molar-refractivity contribution is 7.91. The Hall–Kier alpha value is -1.08. The first-order valence-electron chi connectivity index (χ1n) is 4.87. The van der Waals surface area contributed by atoms with Crippen LogP contribution >= 0.6 is 11.3 Å². The summed E-state index contributed by atoms with van der Waals surface area (Å²) in [7, 11) is -2.93. The fourth-order valence-electron chi connectivity index (χ4n) is 1.45. The van der Waals surface area contributed by atoms with E-state index in [4.69, 9.17) is 0 Å². The predicted octanol–water partition coefficient (Wildman–Crippen LogP) is 1.01. The van der Waals surface area contributed by atoms with Crippen molar-refractivity contribution in [3.63, 3.8) is 0 Å². The zero-order valence-corrected chi connectivity index (χ0v) is 10.2. The molecule has 1 fully saturated rings. The Bertz CT molecular complexity index is 453. The first-order valence-corrected chi connectivity index (χ1v) is 7.57. The summed E-state index contributed by atoms with van der Waals surface area (Å²) in [5, 5.41) is 5.38. The van der Waals surface area contributed by atoms with Crippen molar-refractivity contribution >= 4 is 32.2 Å². The Labute approximate surface area is 98.0 Å². The number of carbonyl (C=O) groups is 1. The van der Waals surface area contributed by atoms with Crippen molar-refractivity contribution in [1.82, 2.24) is 4.90 Å². The Balaban J connectivity index is 1.92. The normalized spacial score (nSPS) is 19.4. The monoisotopic (exact) mass is 260 g/mol. The Morgan fingerprint density at radius 3 is 2.62 bits per heavy atom. The van der Waals surface area contributed by atoms with Gasteiger partial charge in [0.1, 0.15) is 0 Å². The Kier molecular flexibility index (Phi) is 3.15. The number of hydrogen-bond acceptors (Lipinski definition) is 4. The quantitative estimate of drug-likeness (QED) is 0.819. The summed E-state index contributed by atoms with van der Waals surface area (Å²) in [5.74, 6) is 0.121. The SMILES string of the molecule is O=C(Nc1cccs1)N1CCS(=O)(=O)CC1. The number of sulfone groups is 1. The van der Waals surface area contributed by atoms with E-state index in [1.807, 2.05) is 17.5 Å². The van der Waals surface area contributed by atoms with Crippen LogP contribution in [0, 0.1) is 0 Å². The van der Waals surface area contributed by atoms with Crippen LogP contribution in [0.1, 0.15) is 0 Å². The minimum atomic E-state index is -2.93. The number of nitrogens with one attached hydrogen (secondary N) is 1. The maximum Gasteiger partial charge on any atom is 0.322 e. The molecule has 0 saturated carbocycles. The summed E-state index contributed by atoms with van der Waals surface area (Å²) >= 11 is 1.44. The smallest absolute Gasteiger partial charge is 0.322 e. The van der Waals surface area contributed by atoms with E-state index in [0.717, 1.165) is 5.00 Å². The molecule has 0 aromatic carbocycles. The predicted molar refractivity (Wildman–Crippen MR) is 63.6 cm³/mol.